The van der Waals surface area contributed by atoms with Crippen LogP contribution in [0, 0.1) is 0 Å². The molecule has 1 atom stereocenters. The van der Waals surface area contributed by atoms with Gasteiger partial charge in [-0.1, -0.05) is 6.92 Å². The van der Waals surface area contributed by atoms with E-state index in [4.69, 9.17) is 10.5 Å². The van der Waals surface area contributed by atoms with Crippen molar-refractivity contribution in [2.75, 3.05) is 39.4 Å². The Morgan fingerprint density at radius 2 is 1.90 bits per heavy atom. The smallest absolute Gasteiger partial charge is 0.242 e. The number of rotatable bonds is 6. The molecule has 0 aromatic rings. The van der Waals surface area contributed by atoms with E-state index in [9.17, 15) is 4.79 Å². The summed E-state index contributed by atoms with van der Waals surface area (Å²) in [5, 5.41) is 0. The van der Waals surface area contributed by atoms with E-state index in [-0.39, 0.29) is 30.7 Å². The third-order valence-corrected chi connectivity index (χ3v) is 3.64. The zero-order valence-corrected chi connectivity index (χ0v) is 15.3. The molecule has 1 aliphatic heterocycles. The van der Waals surface area contributed by atoms with Crippen molar-refractivity contribution in [3.63, 3.8) is 0 Å². The van der Waals surface area contributed by atoms with Gasteiger partial charge in [-0.25, -0.2) is 0 Å². The molecule has 1 saturated heterocycles. The first kappa shape index (κ1) is 23.2. The second-order valence-corrected chi connectivity index (χ2v) is 5.77. The summed E-state index contributed by atoms with van der Waals surface area (Å²) in [5.41, 5.74) is 5.13. The minimum atomic E-state index is -0.772. The number of nitrogens with zero attached hydrogens (tertiary/aromatic N) is 2. The van der Waals surface area contributed by atoms with Crippen molar-refractivity contribution in [2.24, 2.45) is 5.73 Å². The lowest BCUT2D eigenvalue weighted by Crippen LogP contribution is -2.60. The molecule has 1 heterocycles. The highest BCUT2D eigenvalue weighted by Gasteiger charge is 2.33. The summed E-state index contributed by atoms with van der Waals surface area (Å²) in [4.78, 5) is 16.5. The molecule has 0 aromatic carbocycles. The number of hydrogen-bond donors (Lipinski definition) is 1. The third-order valence-electron chi connectivity index (χ3n) is 3.64. The Balaban J connectivity index is 0. The van der Waals surface area contributed by atoms with Gasteiger partial charge in [0.1, 0.15) is 0 Å². The van der Waals surface area contributed by atoms with Crippen LogP contribution in [0.5, 0.6) is 0 Å². The van der Waals surface area contributed by atoms with Gasteiger partial charge in [-0.3, -0.25) is 9.69 Å². The summed E-state index contributed by atoms with van der Waals surface area (Å²) in [7, 11) is 0. The van der Waals surface area contributed by atoms with Gasteiger partial charge in [0.25, 0.3) is 0 Å². The highest BCUT2D eigenvalue weighted by atomic mass is 35.5. The third kappa shape index (κ3) is 7.15. The number of carbonyl (C=O) groups excluding carboxylic acids is 1. The largest absolute Gasteiger partial charge is 0.380 e. The standard InChI is InChI=1S/C14H29N3O2.2ClH/c1-5-12-11-17(13(18)14(3,4)15)8-7-16(12)9-10-19-6-2;;/h12H,5-11,15H2,1-4H3;2*1H. The number of ether oxygens (including phenoxy) is 1. The van der Waals surface area contributed by atoms with Crippen LogP contribution in [0.3, 0.4) is 0 Å². The first-order valence-corrected chi connectivity index (χ1v) is 7.30. The van der Waals surface area contributed by atoms with Crippen molar-refractivity contribution < 1.29 is 9.53 Å². The molecule has 1 unspecified atom stereocenters. The molecule has 128 valence electrons. The van der Waals surface area contributed by atoms with Crippen LogP contribution in [-0.2, 0) is 9.53 Å². The molecule has 0 saturated carbocycles. The molecule has 0 bridgehead atoms. The Kier molecular flexibility index (Phi) is 11.7. The monoisotopic (exact) mass is 343 g/mol. The van der Waals surface area contributed by atoms with Gasteiger partial charge in [0.2, 0.25) is 5.91 Å². The van der Waals surface area contributed by atoms with Gasteiger partial charge in [-0.2, -0.15) is 0 Å². The van der Waals surface area contributed by atoms with Crippen molar-refractivity contribution >= 4 is 30.7 Å². The summed E-state index contributed by atoms with van der Waals surface area (Å²) >= 11 is 0. The topological polar surface area (TPSA) is 58.8 Å². The van der Waals surface area contributed by atoms with E-state index >= 15 is 0 Å². The van der Waals surface area contributed by atoms with E-state index in [1.165, 1.54) is 0 Å². The fourth-order valence-corrected chi connectivity index (χ4v) is 2.49. The van der Waals surface area contributed by atoms with Crippen LogP contribution >= 0.6 is 24.8 Å². The van der Waals surface area contributed by atoms with Crippen molar-refractivity contribution in [1.29, 1.82) is 0 Å². The number of carbonyl (C=O) groups is 1. The van der Waals surface area contributed by atoms with E-state index in [0.717, 1.165) is 45.8 Å². The Bertz CT molecular complexity index is 298. The second kappa shape index (κ2) is 10.6. The minimum absolute atomic E-state index is 0. The molecule has 0 radical (unpaired) electrons. The normalized spacial score (nSPS) is 19.7. The first-order chi connectivity index (χ1) is 8.90. The molecular formula is C14H31Cl2N3O2. The molecule has 21 heavy (non-hydrogen) atoms. The highest BCUT2D eigenvalue weighted by molar-refractivity contribution is 5.86. The summed E-state index contributed by atoms with van der Waals surface area (Å²) < 4.78 is 5.42. The Morgan fingerprint density at radius 1 is 1.29 bits per heavy atom. The molecule has 1 fully saturated rings. The van der Waals surface area contributed by atoms with Gasteiger partial charge in [-0.15, -0.1) is 24.8 Å². The van der Waals surface area contributed by atoms with Crippen molar-refractivity contribution in [3.05, 3.63) is 0 Å². The van der Waals surface area contributed by atoms with Crippen molar-refractivity contribution in [1.82, 2.24) is 9.80 Å². The van der Waals surface area contributed by atoms with Gasteiger partial charge in [0.05, 0.1) is 12.1 Å². The lowest BCUT2D eigenvalue weighted by Gasteiger charge is -2.42. The average Bonchev–Trinajstić information content (AvgIpc) is 2.37. The van der Waals surface area contributed by atoms with Crippen LogP contribution < -0.4 is 5.73 Å². The maximum atomic E-state index is 12.2. The van der Waals surface area contributed by atoms with E-state index in [1.54, 1.807) is 13.8 Å². The van der Waals surface area contributed by atoms with Crippen LogP contribution in [-0.4, -0.2) is 66.7 Å². The molecule has 7 heteroatoms. The molecule has 0 spiro atoms. The second-order valence-electron chi connectivity index (χ2n) is 5.77. The number of piperazine rings is 1. The number of halogens is 2. The molecule has 5 nitrogen and oxygen atoms in total. The Hall–Kier alpha value is -0.0700. The maximum absolute atomic E-state index is 12.2. The fourth-order valence-electron chi connectivity index (χ4n) is 2.49. The number of hydrogen-bond acceptors (Lipinski definition) is 4. The molecule has 2 N–H and O–H groups in total. The van der Waals surface area contributed by atoms with Crippen LogP contribution in [0.1, 0.15) is 34.1 Å². The zero-order valence-electron chi connectivity index (χ0n) is 13.6. The van der Waals surface area contributed by atoms with Gasteiger partial charge < -0.3 is 15.4 Å². The molecular weight excluding hydrogens is 313 g/mol. The number of amides is 1. The minimum Gasteiger partial charge on any atom is -0.380 e. The first-order valence-electron chi connectivity index (χ1n) is 7.30. The molecule has 0 aliphatic carbocycles. The predicted octanol–water partition coefficient (Wildman–Crippen LogP) is 1.53. The zero-order chi connectivity index (χ0) is 14.5. The molecule has 1 amide bonds. The summed E-state index contributed by atoms with van der Waals surface area (Å²) in [6, 6.07) is 0.417. The molecule has 1 rings (SSSR count). The van der Waals surface area contributed by atoms with Crippen LogP contribution in [0.15, 0.2) is 0 Å². The van der Waals surface area contributed by atoms with E-state index in [2.05, 4.69) is 11.8 Å². The van der Waals surface area contributed by atoms with Gasteiger partial charge in [-0.05, 0) is 27.2 Å². The van der Waals surface area contributed by atoms with E-state index in [1.807, 2.05) is 11.8 Å². The quantitative estimate of drug-likeness (QED) is 0.743. The summed E-state index contributed by atoms with van der Waals surface area (Å²) in [6.07, 6.45) is 1.04. The van der Waals surface area contributed by atoms with Gasteiger partial charge >= 0.3 is 0 Å². The lowest BCUT2D eigenvalue weighted by atomic mass is 10.0. The fraction of sp³-hybridized carbons (Fsp3) is 0.929. The molecule has 0 aromatic heterocycles. The lowest BCUT2D eigenvalue weighted by molar-refractivity contribution is -0.139. The maximum Gasteiger partial charge on any atom is 0.242 e. The van der Waals surface area contributed by atoms with Gasteiger partial charge in [0.15, 0.2) is 0 Å². The summed E-state index contributed by atoms with van der Waals surface area (Å²) in [6.45, 7) is 12.7. The van der Waals surface area contributed by atoms with E-state index in [0.29, 0.717) is 6.04 Å². The summed E-state index contributed by atoms with van der Waals surface area (Å²) in [5.74, 6) is 0.0513. The van der Waals surface area contributed by atoms with Crippen LogP contribution in [0.2, 0.25) is 0 Å². The van der Waals surface area contributed by atoms with Gasteiger partial charge in [0, 0.05) is 38.8 Å². The Labute approximate surface area is 141 Å². The van der Waals surface area contributed by atoms with Crippen LogP contribution in [0.25, 0.3) is 0 Å². The van der Waals surface area contributed by atoms with Crippen molar-refractivity contribution in [3.8, 4) is 0 Å². The Morgan fingerprint density at radius 3 is 2.38 bits per heavy atom. The van der Waals surface area contributed by atoms with Crippen molar-refractivity contribution in [2.45, 2.75) is 45.7 Å². The molecule has 1 aliphatic rings. The van der Waals surface area contributed by atoms with Crippen LogP contribution in [0.4, 0.5) is 0 Å². The highest BCUT2D eigenvalue weighted by Crippen LogP contribution is 2.15. The number of nitrogens with two attached hydrogens (primary N) is 1. The SMILES string of the molecule is CCOCCN1CCN(C(=O)C(C)(C)N)CC1CC.Cl.Cl. The average molecular weight is 344 g/mol. The van der Waals surface area contributed by atoms with E-state index < -0.39 is 5.54 Å². The predicted molar refractivity (Wildman–Crippen MR) is 91.5 cm³/mol.